The fourth-order valence-corrected chi connectivity index (χ4v) is 7.65. The molecule has 0 unspecified atom stereocenters. The SMILES string of the molecule is C/C=C1/C=C(OCCN(C)CCCN(C)CCOC2=Cc3ccccc3Sc3ccc(Cl)cc32)c2cc(Cl)ccc2S/C1=C/C. The van der Waals surface area contributed by atoms with Crippen LogP contribution in [-0.2, 0) is 9.47 Å². The smallest absolute Gasteiger partial charge is 0.128 e. The lowest BCUT2D eigenvalue weighted by Gasteiger charge is -2.21. The van der Waals surface area contributed by atoms with Crippen LogP contribution in [0.15, 0.2) is 104 Å². The van der Waals surface area contributed by atoms with E-state index in [1.807, 2.05) is 24.3 Å². The van der Waals surface area contributed by atoms with Gasteiger partial charge in [0.05, 0.1) is 0 Å². The highest BCUT2D eigenvalue weighted by Crippen LogP contribution is 2.43. The van der Waals surface area contributed by atoms with Gasteiger partial charge in [-0.3, -0.25) is 0 Å². The number of hydrogen-bond donors (Lipinski definition) is 0. The topological polar surface area (TPSA) is 24.9 Å². The maximum atomic E-state index is 6.38. The molecule has 2 aliphatic rings. The Morgan fingerprint density at radius 1 is 0.667 bits per heavy atom. The van der Waals surface area contributed by atoms with E-state index in [0.29, 0.717) is 23.3 Å². The first kappa shape index (κ1) is 33.8. The van der Waals surface area contributed by atoms with Gasteiger partial charge in [-0.15, -0.1) is 0 Å². The highest BCUT2D eigenvalue weighted by atomic mass is 35.5. The zero-order valence-corrected chi connectivity index (χ0v) is 29.5. The van der Waals surface area contributed by atoms with Crippen LogP contribution in [0.2, 0.25) is 10.0 Å². The number of ether oxygens (including phenoxy) is 2. The van der Waals surface area contributed by atoms with Crippen molar-refractivity contribution < 1.29 is 9.47 Å². The zero-order valence-electron chi connectivity index (χ0n) is 26.3. The summed E-state index contributed by atoms with van der Waals surface area (Å²) < 4.78 is 12.8. The predicted molar refractivity (Wildman–Crippen MR) is 194 cm³/mol. The molecule has 0 spiro atoms. The number of thioether (sulfide) groups is 1. The van der Waals surface area contributed by atoms with Crippen LogP contribution in [0.1, 0.15) is 37.0 Å². The number of halogens is 2. The van der Waals surface area contributed by atoms with E-state index in [4.69, 9.17) is 32.7 Å². The molecule has 0 bridgehead atoms. The molecule has 0 atom stereocenters. The molecule has 0 saturated carbocycles. The lowest BCUT2D eigenvalue weighted by atomic mass is 10.1. The lowest BCUT2D eigenvalue weighted by molar-refractivity contribution is 0.192. The van der Waals surface area contributed by atoms with Crippen LogP contribution in [-0.4, -0.2) is 63.3 Å². The standard InChI is InChI=1S/C37H40Cl2N2O2S2/c1-5-26-22-32(30-24-28(38)12-14-36(30)44-34(26)6-2)42-20-18-40(3)16-9-17-41(4)19-21-43-33-23-27-10-7-8-11-35(27)45-37-15-13-29(39)25-31(33)37/h5-8,10-15,22-25H,9,16-21H2,1-4H3/b26-5-,34-6+. The summed E-state index contributed by atoms with van der Waals surface area (Å²) in [6, 6.07) is 20.5. The van der Waals surface area contributed by atoms with Gasteiger partial charge < -0.3 is 19.3 Å². The normalized spacial score (nSPS) is 16.1. The van der Waals surface area contributed by atoms with Gasteiger partial charge in [-0.05, 0) is 113 Å². The molecule has 2 aliphatic heterocycles. The second kappa shape index (κ2) is 16.3. The number of allylic oxidation sites excluding steroid dienone is 4. The molecule has 0 saturated heterocycles. The Hall–Kier alpha value is -2.58. The zero-order chi connectivity index (χ0) is 31.8. The third-order valence-electron chi connectivity index (χ3n) is 7.74. The predicted octanol–water partition coefficient (Wildman–Crippen LogP) is 10.2. The molecule has 45 heavy (non-hydrogen) atoms. The summed E-state index contributed by atoms with van der Waals surface area (Å²) in [4.78, 5) is 9.41. The van der Waals surface area contributed by atoms with Gasteiger partial charge in [-0.2, -0.15) is 0 Å². The summed E-state index contributed by atoms with van der Waals surface area (Å²) in [6.45, 7) is 8.99. The van der Waals surface area contributed by atoms with Crippen molar-refractivity contribution in [2.75, 3.05) is 53.5 Å². The first-order chi connectivity index (χ1) is 21.8. The van der Waals surface area contributed by atoms with Crippen LogP contribution in [0.3, 0.4) is 0 Å². The van der Waals surface area contributed by atoms with E-state index in [9.17, 15) is 0 Å². The van der Waals surface area contributed by atoms with Gasteiger partial charge in [-0.1, -0.05) is 77.1 Å². The number of nitrogens with zero attached hydrogens (tertiary/aromatic N) is 2. The van der Waals surface area contributed by atoms with Crippen molar-refractivity contribution in [3.63, 3.8) is 0 Å². The molecular formula is C37H40Cl2N2O2S2. The molecule has 0 fully saturated rings. The highest BCUT2D eigenvalue weighted by Gasteiger charge is 2.20. The first-order valence-electron chi connectivity index (χ1n) is 15.3. The van der Waals surface area contributed by atoms with Crippen molar-refractivity contribution in [2.45, 2.75) is 35.0 Å². The molecule has 4 nitrogen and oxygen atoms in total. The van der Waals surface area contributed by atoms with Crippen LogP contribution >= 0.6 is 46.7 Å². The largest absolute Gasteiger partial charge is 0.492 e. The summed E-state index contributed by atoms with van der Waals surface area (Å²) in [6.07, 6.45) is 9.61. The van der Waals surface area contributed by atoms with E-state index in [-0.39, 0.29) is 0 Å². The van der Waals surface area contributed by atoms with E-state index in [1.165, 1.54) is 9.80 Å². The molecule has 0 N–H and O–H groups in total. The van der Waals surface area contributed by atoms with E-state index in [2.05, 4.69) is 98.4 Å². The highest BCUT2D eigenvalue weighted by molar-refractivity contribution is 8.03. The Bertz CT molecular complexity index is 1630. The molecule has 236 valence electrons. The van der Waals surface area contributed by atoms with Crippen molar-refractivity contribution in [3.05, 3.63) is 116 Å². The molecule has 0 amide bonds. The van der Waals surface area contributed by atoms with E-state index >= 15 is 0 Å². The molecule has 0 aliphatic carbocycles. The van der Waals surface area contributed by atoms with Crippen LogP contribution in [0.25, 0.3) is 17.6 Å². The summed E-state index contributed by atoms with van der Waals surface area (Å²) in [5, 5.41) is 1.43. The lowest BCUT2D eigenvalue weighted by Crippen LogP contribution is -2.29. The third-order valence-corrected chi connectivity index (χ3v) is 10.6. The monoisotopic (exact) mass is 678 g/mol. The van der Waals surface area contributed by atoms with Crippen LogP contribution in [0, 0.1) is 0 Å². The maximum absolute atomic E-state index is 6.38. The number of benzene rings is 3. The fraction of sp³-hybridized carbons (Fsp3) is 0.297. The molecule has 0 radical (unpaired) electrons. The van der Waals surface area contributed by atoms with Gasteiger partial charge >= 0.3 is 0 Å². The summed E-state index contributed by atoms with van der Waals surface area (Å²) >= 11 is 16.3. The second-order valence-corrected chi connectivity index (χ2v) is 14.1. The van der Waals surface area contributed by atoms with Gasteiger partial charge in [0.1, 0.15) is 24.7 Å². The van der Waals surface area contributed by atoms with Crippen molar-refractivity contribution in [2.24, 2.45) is 0 Å². The Kier molecular flexibility index (Phi) is 12.2. The van der Waals surface area contributed by atoms with Crippen LogP contribution in [0.4, 0.5) is 0 Å². The minimum Gasteiger partial charge on any atom is -0.492 e. The number of fused-ring (bicyclic) bond motifs is 3. The molecule has 5 rings (SSSR count). The van der Waals surface area contributed by atoms with Gasteiger partial charge in [0.15, 0.2) is 0 Å². The van der Waals surface area contributed by atoms with Crippen molar-refractivity contribution in [3.8, 4) is 0 Å². The Labute approximate surface area is 286 Å². The molecule has 2 heterocycles. The van der Waals surface area contributed by atoms with Crippen LogP contribution in [0.5, 0.6) is 0 Å². The van der Waals surface area contributed by atoms with E-state index < -0.39 is 0 Å². The number of rotatable bonds is 12. The Balaban J connectivity index is 1.08. The molecule has 3 aromatic rings. The van der Waals surface area contributed by atoms with E-state index in [0.717, 1.165) is 76.2 Å². The Morgan fingerprint density at radius 3 is 1.84 bits per heavy atom. The Morgan fingerprint density at radius 2 is 1.24 bits per heavy atom. The third kappa shape index (κ3) is 9.03. The molecule has 0 aromatic heterocycles. The van der Waals surface area contributed by atoms with Crippen molar-refractivity contribution in [1.29, 1.82) is 0 Å². The fourth-order valence-electron chi connectivity index (χ4n) is 5.21. The van der Waals surface area contributed by atoms with Crippen molar-refractivity contribution in [1.82, 2.24) is 9.80 Å². The molecule has 3 aromatic carbocycles. The maximum Gasteiger partial charge on any atom is 0.128 e. The van der Waals surface area contributed by atoms with Gasteiger partial charge in [0.2, 0.25) is 0 Å². The van der Waals surface area contributed by atoms with Gasteiger partial charge in [0.25, 0.3) is 0 Å². The molecular weight excluding hydrogens is 639 g/mol. The quantitative estimate of drug-likeness (QED) is 0.189. The number of hydrogen-bond acceptors (Lipinski definition) is 6. The summed E-state index contributed by atoms with van der Waals surface area (Å²) in [5.41, 5.74) is 4.42. The summed E-state index contributed by atoms with van der Waals surface area (Å²) in [5.74, 6) is 1.74. The summed E-state index contributed by atoms with van der Waals surface area (Å²) in [7, 11) is 4.31. The average Bonchev–Trinajstić information content (AvgIpc) is 3.28. The molecule has 8 heteroatoms. The van der Waals surface area contributed by atoms with Crippen molar-refractivity contribution >= 4 is 64.3 Å². The van der Waals surface area contributed by atoms with Gasteiger partial charge in [0, 0.05) is 53.9 Å². The van der Waals surface area contributed by atoms with E-state index in [1.54, 1.807) is 23.5 Å². The second-order valence-electron chi connectivity index (χ2n) is 11.1. The van der Waals surface area contributed by atoms with Gasteiger partial charge in [-0.25, -0.2) is 0 Å². The minimum absolute atomic E-state index is 0.604. The first-order valence-corrected chi connectivity index (χ1v) is 17.7. The average molecular weight is 680 g/mol. The number of likely N-dealkylation sites (N-methyl/N-ethyl adjacent to an activating group) is 2. The van der Waals surface area contributed by atoms with Crippen LogP contribution < -0.4 is 0 Å². The minimum atomic E-state index is 0.604.